The van der Waals surface area contributed by atoms with Crippen molar-refractivity contribution >= 4 is 46.4 Å². The molecule has 134 valence electrons. The van der Waals surface area contributed by atoms with E-state index in [4.69, 9.17) is 0 Å². The fraction of sp³-hybridized carbons (Fsp3) is 0.0769. The van der Waals surface area contributed by atoms with E-state index >= 15 is 0 Å². The van der Waals surface area contributed by atoms with Crippen LogP contribution >= 0.6 is 11.8 Å². The van der Waals surface area contributed by atoms with Crippen LogP contribution in [-0.4, -0.2) is 40.2 Å². The van der Waals surface area contributed by atoms with Crippen LogP contribution in [0.2, 0.25) is 0 Å². The monoisotopic (exact) mass is 379 g/mol. The quantitative estimate of drug-likeness (QED) is 0.261. The van der Waals surface area contributed by atoms with Gasteiger partial charge in [-0.3, -0.25) is 30.3 Å². The van der Waals surface area contributed by atoms with E-state index in [-0.39, 0.29) is 15.6 Å². The molecular weight excluding hydrogens is 370 g/mol. The molecule has 12 nitrogen and oxygen atoms in total. The lowest BCUT2D eigenvalue weighted by atomic mass is 10.2. The van der Waals surface area contributed by atoms with Gasteiger partial charge in [0.25, 0.3) is 17.3 Å². The topological polar surface area (TPSA) is 166 Å². The maximum absolute atomic E-state index is 11.6. The van der Waals surface area contributed by atoms with E-state index in [9.17, 15) is 29.8 Å². The van der Waals surface area contributed by atoms with E-state index in [1.807, 2.05) is 0 Å². The lowest BCUT2D eigenvalue weighted by molar-refractivity contribution is -0.394. The molecule has 1 amide bonds. The van der Waals surface area contributed by atoms with Crippen LogP contribution in [0.3, 0.4) is 0 Å². The predicted molar refractivity (Wildman–Crippen MR) is 90.6 cm³/mol. The van der Waals surface area contributed by atoms with Crippen LogP contribution in [0.25, 0.3) is 0 Å². The SMILES string of the molecule is COC(=O)/C=C1/S/C(=N\N=Cc2ccc([N+](=O)[O-])cc2[N+](=O)[O-])NC1=O. The van der Waals surface area contributed by atoms with Crippen molar-refractivity contribution in [3.8, 4) is 0 Å². The van der Waals surface area contributed by atoms with Crippen LogP contribution < -0.4 is 5.32 Å². The molecule has 1 aliphatic heterocycles. The first-order valence-corrected chi connectivity index (χ1v) is 7.46. The number of nitro groups is 2. The molecule has 1 fully saturated rings. The van der Waals surface area contributed by atoms with Crippen molar-refractivity contribution in [3.05, 3.63) is 55.0 Å². The Labute approximate surface area is 148 Å². The van der Waals surface area contributed by atoms with Crippen molar-refractivity contribution in [2.75, 3.05) is 7.11 Å². The van der Waals surface area contributed by atoms with Gasteiger partial charge in [-0.2, -0.15) is 5.10 Å². The Morgan fingerprint density at radius 1 is 1.31 bits per heavy atom. The lowest BCUT2D eigenvalue weighted by Gasteiger charge is -1.96. The van der Waals surface area contributed by atoms with Gasteiger partial charge in [0.1, 0.15) is 0 Å². The number of amidine groups is 1. The number of ether oxygens (including phenoxy) is 1. The highest BCUT2D eigenvalue weighted by Gasteiger charge is 2.25. The summed E-state index contributed by atoms with van der Waals surface area (Å²) in [6.07, 6.45) is 2.00. The first-order valence-electron chi connectivity index (χ1n) is 6.64. The summed E-state index contributed by atoms with van der Waals surface area (Å²) in [5.41, 5.74) is -0.960. The number of esters is 1. The van der Waals surface area contributed by atoms with Crippen molar-refractivity contribution in [1.29, 1.82) is 0 Å². The van der Waals surface area contributed by atoms with Crippen LogP contribution in [0.5, 0.6) is 0 Å². The Balaban J connectivity index is 2.21. The summed E-state index contributed by atoms with van der Waals surface area (Å²) in [6, 6.07) is 3.05. The molecule has 0 aromatic heterocycles. The molecule has 1 aliphatic rings. The predicted octanol–water partition coefficient (Wildman–Crippen LogP) is 1.11. The second kappa shape index (κ2) is 7.98. The fourth-order valence-corrected chi connectivity index (χ4v) is 2.44. The third-order valence-electron chi connectivity index (χ3n) is 2.87. The third-order valence-corrected chi connectivity index (χ3v) is 3.77. The minimum absolute atomic E-state index is 0.00963. The zero-order chi connectivity index (χ0) is 19.3. The van der Waals surface area contributed by atoms with E-state index < -0.39 is 33.1 Å². The Bertz CT molecular complexity index is 893. The highest BCUT2D eigenvalue weighted by molar-refractivity contribution is 8.18. The Hall–Kier alpha value is -3.61. The number of non-ortho nitro benzene ring substituents is 1. The van der Waals surface area contributed by atoms with Crippen LogP contribution in [0.1, 0.15) is 5.56 Å². The average molecular weight is 379 g/mol. The van der Waals surface area contributed by atoms with E-state index in [1.54, 1.807) is 0 Å². The standard InChI is InChI=1S/C13H9N5O7S/c1-25-11(19)5-10-12(20)15-13(26-10)16-14-6-7-2-3-8(17(21)22)4-9(7)18(23)24/h2-6H,1H3,(H,15,16,20)/b10-5+,14-6?. The molecule has 26 heavy (non-hydrogen) atoms. The number of amides is 1. The summed E-state index contributed by atoms with van der Waals surface area (Å²) in [5.74, 6) is -1.29. The molecule has 1 saturated heterocycles. The zero-order valence-electron chi connectivity index (χ0n) is 12.9. The molecule has 0 spiro atoms. The van der Waals surface area contributed by atoms with Gasteiger partial charge in [0, 0.05) is 12.1 Å². The molecule has 0 aliphatic carbocycles. The van der Waals surface area contributed by atoms with Gasteiger partial charge in [-0.25, -0.2) is 4.79 Å². The van der Waals surface area contributed by atoms with Crippen LogP contribution in [0.15, 0.2) is 39.4 Å². The van der Waals surface area contributed by atoms with Crippen molar-refractivity contribution in [2.45, 2.75) is 0 Å². The molecule has 1 N–H and O–H groups in total. The summed E-state index contributed by atoms with van der Waals surface area (Å²) >= 11 is 0.827. The number of thioether (sulfide) groups is 1. The average Bonchev–Trinajstić information content (AvgIpc) is 2.94. The Morgan fingerprint density at radius 2 is 2.04 bits per heavy atom. The number of rotatable bonds is 5. The minimum Gasteiger partial charge on any atom is -0.466 e. The summed E-state index contributed by atoms with van der Waals surface area (Å²) in [6.45, 7) is 0. The largest absolute Gasteiger partial charge is 0.466 e. The number of hydrogen-bond donors (Lipinski definition) is 1. The molecule has 0 bridgehead atoms. The van der Waals surface area contributed by atoms with E-state index in [0.717, 1.165) is 49.4 Å². The fourth-order valence-electron chi connectivity index (χ4n) is 1.70. The normalized spacial score (nSPS) is 16.9. The van der Waals surface area contributed by atoms with Crippen molar-refractivity contribution in [3.63, 3.8) is 0 Å². The van der Waals surface area contributed by atoms with E-state index in [2.05, 4.69) is 20.3 Å². The number of methoxy groups -OCH3 is 1. The van der Waals surface area contributed by atoms with Gasteiger partial charge in [-0.05, 0) is 17.8 Å². The molecule has 0 atom stereocenters. The maximum Gasteiger partial charge on any atom is 0.331 e. The van der Waals surface area contributed by atoms with Gasteiger partial charge in [0.2, 0.25) is 0 Å². The van der Waals surface area contributed by atoms with E-state index in [0.29, 0.717) is 0 Å². The number of nitro benzene ring substituents is 2. The number of hydrogen-bond acceptors (Lipinski definition) is 10. The highest BCUT2D eigenvalue weighted by atomic mass is 32.2. The molecule has 2 rings (SSSR count). The third kappa shape index (κ3) is 4.47. The van der Waals surface area contributed by atoms with Gasteiger partial charge in [0.05, 0.1) is 39.7 Å². The number of carbonyl (C=O) groups is 2. The highest BCUT2D eigenvalue weighted by Crippen LogP contribution is 2.25. The molecule has 1 aromatic rings. The number of benzene rings is 1. The van der Waals surface area contributed by atoms with Gasteiger partial charge in [-0.1, -0.05) is 0 Å². The van der Waals surface area contributed by atoms with Gasteiger partial charge >= 0.3 is 5.97 Å². The molecule has 0 unspecified atom stereocenters. The maximum atomic E-state index is 11.6. The molecular formula is C13H9N5O7S. The summed E-state index contributed by atoms with van der Waals surface area (Å²) in [5, 5.41) is 31.4. The number of carbonyl (C=O) groups excluding carboxylic acids is 2. The van der Waals surface area contributed by atoms with E-state index in [1.165, 1.54) is 0 Å². The van der Waals surface area contributed by atoms with Crippen LogP contribution in [0.4, 0.5) is 11.4 Å². The van der Waals surface area contributed by atoms with Crippen molar-refractivity contribution < 1.29 is 24.2 Å². The van der Waals surface area contributed by atoms with Crippen LogP contribution in [0, 0.1) is 20.2 Å². The Kier molecular flexibility index (Phi) is 5.74. The van der Waals surface area contributed by atoms with Gasteiger partial charge in [0.15, 0.2) is 5.17 Å². The van der Waals surface area contributed by atoms with Gasteiger partial charge in [-0.15, -0.1) is 5.10 Å². The number of nitrogens with zero attached hydrogens (tertiary/aromatic N) is 4. The van der Waals surface area contributed by atoms with Gasteiger partial charge < -0.3 is 4.74 Å². The summed E-state index contributed by atoms with van der Waals surface area (Å²) in [4.78, 5) is 42.9. The summed E-state index contributed by atoms with van der Waals surface area (Å²) < 4.78 is 4.41. The number of nitrogens with one attached hydrogen (secondary N) is 1. The van der Waals surface area contributed by atoms with Crippen LogP contribution in [-0.2, 0) is 14.3 Å². The van der Waals surface area contributed by atoms with Crippen molar-refractivity contribution in [2.24, 2.45) is 10.2 Å². The molecule has 1 heterocycles. The van der Waals surface area contributed by atoms with Crippen molar-refractivity contribution in [1.82, 2.24) is 5.32 Å². The second-order valence-electron chi connectivity index (χ2n) is 4.49. The first-order chi connectivity index (χ1) is 12.3. The molecule has 1 aromatic carbocycles. The minimum atomic E-state index is -0.787. The Morgan fingerprint density at radius 3 is 2.65 bits per heavy atom. The smallest absolute Gasteiger partial charge is 0.331 e. The first kappa shape index (κ1) is 18.7. The molecule has 0 radical (unpaired) electrons. The molecule has 13 heteroatoms. The lowest BCUT2D eigenvalue weighted by Crippen LogP contribution is -2.19. The second-order valence-corrected chi connectivity index (χ2v) is 5.53. The molecule has 0 saturated carbocycles. The summed E-state index contributed by atoms with van der Waals surface area (Å²) in [7, 11) is 1.16. The zero-order valence-corrected chi connectivity index (χ0v) is 13.8.